The molecule has 0 aromatic heterocycles. The highest BCUT2D eigenvalue weighted by Crippen LogP contribution is 2.36. The van der Waals surface area contributed by atoms with Crippen molar-refractivity contribution in [3.05, 3.63) is 47.5 Å². The molecule has 1 aromatic carbocycles. The van der Waals surface area contributed by atoms with Crippen molar-refractivity contribution in [2.45, 2.75) is 26.3 Å². The van der Waals surface area contributed by atoms with Crippen LogP contribution in [0.25, 0.3) is 0 Å². The summed E-state index contributed by atoms with van der Waals surface area (Å²) in [5.41, 5.74) is 0.384. The molecule has 1 heterocycles. The summed E-state index contributed by atoms with van der Waals surface area (Å²) >= 11 is 0. The number of ether oxygens (including phenoxy) is 3. The minimum atomic E-state index is -1.30. The van der Waals surface area contributed by atoms with Gasteiger partial charge in [-0.25, -0.2) is 4.79 Å². The fourth-order valence-corrected chi connectivity index (χ4v) is 4.18. The van der Waals surface area contributed by atoms with Crippen LogP contribution in [0.3, 0.4) is 0 Å². The van der Waals surface area contributed by atoms with Gasteiger partial charge in [0.2, 0.25) is 0 Å². The molecule has 9 nitrogen and oxygen atoms in total. The van der Waals surface area contributed by atoms with E-state index < -0.39 is 53.5 Å². The van der Waals surface area contributed by atoms with E-state index in [0.717, 1.165) is 12.0 Å². The van der Waals surface area contributed by atoms with Crippen molar-refractivity contribution in [3.63, 3.8) is 0 Å². The highest BCUT2D eigenvalue weighted by Gasteiger charge is 2.49. The van der Waals surface area contributed by atoms with Gasteiger partial charge in [-0.05, 0) is 32.4 Å². The fourth-order valence-electron chi connectivity index (χ4n) is 4.18. The average molecular weight is 443 g/mol. The lowest BCUT2D eigenvalue weighted by molar-refractivity contribution is -0.160. The lowest BCUT2D eigenvalue weighted by Gasteiger charge is -2.35. The molecule has 0 radical (unpaired) electrons. The van der Waals surface area contributed by atoms with E-state index in [1.54, 1.807) is 32.1 Å². The average Bonchev–Trinajstić information content (AvgIpc) is 3.04. The molecule has 0 bridgehead atoms. The van der Waals surface area contributed by atoms with Gasteiger partial charge in [0, 0.05) is 5.92 Å². The smallest absolute Gasteiger partial charge is 0.329 e. The Bertz CT molecular complexity index is 933. The van der Waals surface area contributed by atoms with Gasteiger partial charge in [0.25, 0.3) is 11.8 Å². The fraction of sp³-hybridized carbons (Fsp3) is 0.435. The van der Waals surface area contributed by atoms with Crippen LogP contribution in [0.5, 0.6) is 0 Å². The van der Waals surface area contributed by atoms with Gasteiger partial charge in [-0.15, -0.1) is 0 Å². The van der Waals surface area contributed by atoms with Gasteiger partial charge in [-0.1, -0.05) is 24.3 Å². The number of carbonyl (C=O) groups excluding carboxylic acids is 5. The maximum atomic E-state index is 13.0. The molecule has 3 rings (SSSR count). The van der Waals surface area contributed by atoms with Crippen LogP contribution >= 0.6 is 0 Å². The van der Waals surface area contributed by atoms with Crippen LogP contribution in [0.2, 0.25) is 0 Å². The Balaban J connectivity index is 1.98. The highest BCUT2D eigenvalue weighted by atomic mass is 16.5. The van der Waals surface area contributed by atoms with Gasteiger partial charge < -0.3 is 14.2 Å². The molecule has 2 aliphatic rings. The maximum Gasteiger partial charge on any atom is 0.329 e. The second-order valence-corrected chi connectivity index (χ2v) is 7.41. The highest BCUT2D eigenvalue weighted by molar-refractivity contribution is 6.22. The Morgan fingerprint density at radius 3 is 2.06 bits per heavy atom. The monoisotopic (exact) mass is 443 g/mol. The summed E-state index contributed by atoms with van der Waals surface area (Å²) < 4.78 is 15.1. The zero-order valence-electron chi connectivity index (χ0n) is 18.1. The molecule has 0 unspecified atom stereocenters. The molecular weight excluding hydrogens is 418 g/mol. The lowest BCUT2D eigenvalue weighted by atomic mass is 9.76. The largest absolute Gasteiger partial charge is 0.467 e. The Labute approximate surface area is 185 Å². The molecular formula is C23H25NO8. The van der Waals surface area contributed by atoms with Gasteiger partial charge >= 0.3 is 17.9 Å². The first-order valence-corrected chi connectivity index (χ1v) is 10.4. The second kappa shape index (κ2) is 9.76. The van der Waals surface area contributed by atoms with Crippen molar-refractivity contribution in [1.82, 2.24) is 4.90 Å². The molecule has 2 amide bonds. The molecule has 4 atom stereocenters. The SMILES string of the molecule is CCOC(=O)[C@@H]1C=C[C@H]([C@H](C(=O)OC)N2C(=O)c3ccccc3C2=O)C[C@H]1C(=O)OCC. The summed E-state index contributed by atoms with van der Waals surface area (Å²) in [5, 5.41) is 0. The Kier molecular flexibility index (Phi) is 7.07. The summed E-state index contributed by atoms with van der Waals surface area (Å²) in [5.74, 6) is -5.83. The molecule has 0 N–H and O–H groups in total. The number of hydrogen-bond acceptors (Lipinski definition) is 8. The van der Waals surface area contributed by atoms with Crippen molar-refractivity contribution in [1.29, 1.82) is 0 Å². The van der Waals surface area contributed by atoms with Gasteiger partial charge in [-0.3, -0.25) is 24.1 Å². The molecule has 1 aliphatic carbocycles. The van der Waals surface area contributed by atoms with Gasteiger partial charge in [0.05, 0.1) is 43.3 Å². The molecule has 32 heavy (non-hydrogen) atoms. The number of hydrogen-bond donors (Lipinski definition) is 0. The topological polar surface area (TPSA) is 116 Å². The first-order chi connectivity index (χ1) is 15.3. The number of rotatable bonds is 7. The van der Waals surface area contributed by atoms with Crippen LogP contribution in [0.15, 0.2) is 36.4 Å². The van der Waals surface area contributed by atoms with Crippen LogP contribution in [0, 0.1) is 17.8 Å². The number of methoxy groups -OCH3 is 1. The van der Waals surface area contributed by atoms with Crippen molar-refractivity contribution < 1.29 is 38.2 Å². The van der Waals surface area contributed by atoms with Gasteiger partial charge in [0.1, 0.15) is 6.04 Å². The summed E-state index contributed by atoms with van der Waals surface area (Å²) in [7, 11) is 1.16. The zero-order chi connectivity index (χ0) is 23.4. The van der Waals surface area contributed by atoms with Crippen LogP contribution in [-0.2, 0) is 28.6 Å². The standard InChI is InChI=1S/C23H25NO8/c1-4-31-21(27)16-11-10-13(12-17(16)22(28)32-5-2)18(23(29)30-3)24-19(25)14-8-6-7-9-15(14)20(24)26/h6-11,13,16-18H,4-5,12H2,1-3H3/t13-,16+,17+,18+/m0/s1. The number of benzene rings is 1. The van der Waals surface area contributed by atoms with Crippen molar-refractivity contribution in [2.75, 3.05) is 20.3 Å². The Morgan fingerprint density at radius 1 is 0.969 bits per heavy atom. The quantitative estimate of drug-likeness (QED) is 0.271. The molecule has 9 heteroatoms. The molecule has 1 aliphatic heterocycles. The molecule has 0 spiro atoms. The lowest BCUT2D eigenvalue weighted by Crippen LogP contribution is -2.51. The minimum absolute atomic E-state index is 0.00795. The molecule has 1 aromatic rings. The van der Waals surface area contributed by atoms with Gasteiger partial charge in [0.15, 0.2) is 0 Å². The summed E-state index contributed by atoms with van der Waals surface area (Å²) in [4.78, 5) is 64.6. The number of amides is 2. The first-order valence-electron chi connectivity index (χ1n) is 10.4. The van der Waals surface area contributed by atoms with E-state index in [2.05, 4.69) is 0 Å². The van der Waals surface area contributed by atoms with E-state index in [1.165, 1.54) is 18.2 Å². The van der Waals surface area contributed by atoms with Crippen molar-refractivity contribution in [3.8, 4) is 0 Å². The second-order valence-electron chi connectivity index (χ2n) is 7.41. The zero-order valence-corrected chi connectivity index (χ0v) is 18.1. The number of fused-ring (bicyclic) bond motifs is 1. The van der Waals surface area contributed by atoms with Crippen LogP contribution in [0.4, 0.5) is 0 Å². The molecule has 0 saturated carbocycles. The van der Waals surface area contributed by atoms with Crippen molar-refractivity contribution >= 4 is 29.7 Å². The van der Waals surface area contributed by atoms with E-state index in [9.17, 15) is 24.0 Å². The number of imide groups is 1. The minimum Gasteiger partial charge on any atom is -0.467 e. The van der Waals surface area contributed by atoms with Crippen molar-refractivity contribution in [2.24, 2.45) is 17.8 Å². The molecule has 0 saturated heterocycles. The summed E-state index contributed by atoms with van der Waals surface area (Å²) in [6.45, 7) is 3.55. The van der Waals surface area contributed by atoms with Crippen LogP contribution in [0.1, 0.15) is 41.0 Å². The Hall–Kier alpha value is -3.49. The summed E-state index contributed by atoms with van der Waals surface area (Å²) in [6.07, 6.45) is 3.02. The van der Waals surface area contributed by atoms with E-state index in [0.29, 0.717) is 0 Å². The molecule has 170 valence electrons. The summed E-state index contributed by atoms with van der Waals surface area (Å²) in [6, 6.07) is 4.98. The maximum absolute atomic E-state index is 13.0. The van der Waals surface area contributed by atoms with Crippen LogP contribution in [-0.4, -0.2) is 61.0 Å². The van der Waals surface area contributed by atoms with E-state index in [-0.39, 0.29) is 30.8 Å². The molecule has 0 fully saturated rings. The predicted octanol–water partition coefficient (Wildman–Crippen LogP) is 1.76. The van der Waals surface area contributed by atoms with E-state index >= 15 is 0 Å². The predicted molar refractivity (Wildman–Crippen MR) is 110 cm³/mol. The first kappa shape index (κ1) is 23.2. The number of esters is 3. The Morgan fingerprint density at radius 2 is 1.53 bits per heavy atom. The third-order valence-corrected chi connectivity index (χ3v) is 5.63. The normalized spacial score (nSPS) is 22.8. The van der Waals surface area contributed by atoms with E-state index in [1.807, 2.05) is 0 Å². The van der Waals surface area contributed by atoms with Gasteiger partial charge in [-0.2, -0.15) is 0 Å². The third-order valence-electron chi connectivity index (χ3n) is 5.63. The van der Waals surface area contributed by atoms with E-state index in [4.69, 9.17) is 14.2 Å². The number of nitrogens with zero attached hydrogens (tertiary/aromatic N) is 1. The number of carbonyl (C=O) groups is 5. The third kappa shape index (κ3) is 4.15. The van der Waals surface area contributed by atoms with Crippen LogP contribution < -0.4 is 0 Å².